The number of hydrogen-bond acceptors (Lipinski definition) is 2. The molecule has 1 saturated heterocycles. The Hall–Kier alpha value is -0.770. The van der Waals surface area contributed by atoms with E-state index in [4.69, 9.17) is 23.2 Å². The number of rotatable bonds is 2. The van der Waals surface area contributed by atoms with Crippen LogP contribution in [0.1, 0.15) is 17.9 Å². The molecular formula is C14H16Cl2N2O. The highest BCUT2D eigenvalue weighted by molar-refractivity contribution is 6.42. The van der Waals surface area contributed by atoms with Gasteiger partial charge in [-0.3, -0.25) is 4.79 Å². The van der Waals surface area contributed by atoms with Gasteiger partial charge in [-0.2, -0.15) is 0 Å². The van der Waals surface area contributed by atoms with Gasteiger partial charge in [-0.25, -0.2) is 0 Å². The van der Waals surface area contributed by atoms with Crippen LogP contribution in [0, 0.1) is 5.92 Å². The van der Waals surface area contributed by atoms with Crippen molar-refractivity contribution in [3.8, 4) is 0 Å². The maximum Gasteiger partial charge on any atom is 0.226 e. The van der Waals surface area contributed by atoms with E-state index in [2.05, 4.69) is 5.32 Å². The highest BCUT2D eigenvalue weighted by Crippen LogP contribution is 2.51. The van der Waals surface area contributed by atoms with Gasteiger partial charge in [-0.15, -0.1) is 0 Å². The molecule has 102 valence electrons. The second-order valence-corrected chi connectivity index (χ2v) is 5.95. The lowest BCUT2D eigenvalue weighted by Gasteiger charge is -2.27. The second-order valence-electron chi connectivity index (χ2n) is 5.17. The fraction of sp³-hybridized carbons (Fsp3) is 0.500. The average Bonchev–Trinajstić information content (AvgIpc) is 3.22. The van der Waals surface area contributed by atoms with Gasteiger partial charge in [0.25, 0.3) is 0 Å². The summed E-state index contributed by atoms with van der Waals surface area (Å²) < 4.78 is 0. The maximum atomic E-state index is 12.4. The van der Waals surface area contributed by atoms with Crippen molar-refractivity contribution in [1.29, 1.82) is 0 Å². The Labute approximate surface area is 122 Å². The van der Waals surface area contributed by atoms with Gasteiger partial charge < -0.3 is 10.2 Å². The van der Waals surface area contributed by atoms with Gasteiger partial charge in [-0.05, 0) is 24.0 Å². The van der Waals surface area contributed by atoms with E-state index >= 15 is 0 Å². The van der Waals surface area contributed by atoms with Gasteiger partial charge in [0, 0.05) is 32.1 Å². The zero-order chi connectivity index (χ0) is 13.4. The summed E-state index contributed by atoms with van der Waals surface area (Å²) in [7, 11) is 0. The standard InChI is InChI=1S/C14H16Cl2N2O/c15-12-3-1-2-9(13(12)16)10-8-11(10)14(19)18-6-4-17-5-7-18/h1-3,10-11,17H,4-8H2/t10-,11+/m0/s1. The Balaban J connectivity index is 1.70. The Morgan fingerprint density at radius 1 is 1.26 bits per heavy atom. The first-order chi connectivity index (χ1) is 9.18. The molecule has 0 bridgehead atoms. The minimum atomic E-state index is 0.0917. The van der Waals surface area contributed by atoms with Crippen LogP contribution in [0.25, 0.3) is 0 Å². The molecule has 1 aliphatic carbocycles. The molecule has 0 spiro atoms. The van der Waals surface area contributed by atoms with E-state index in [-0.39, 0.29) is 17.7 Å². The lowest BCUT2D eigenvalue weighted by Crippen LogP contribution is -2.47. The average molecular weight is 299 g/mol. The third-order valence-corrected chi connectivity index (χ3v) is 4.75. The van der Waals surface area contributed by atoms with E-state index in [0.717, 1.165) is 38.2 Å². The Kier molecular flexibility index (Phi) is 3.70. The molecule has 0 aromatic heterocycles. The molecule has 1 aliphatic heterocycles. The van der Waals surface area contributed by atoms with Crippen LogP contribution in [0.2, 0.25) is 10.0 Å². The summed E-state index contributed by atoms with van der Waals surface area (Å²) in [6.45, 7) is 3.40. The van der Waals surface area contributed by atoms with Crippen molar-refractivity contribution in [3.05, 3.63) is 33.8 Å². The van der Waals surface area contributed by atoms with E-state index in [9.17, 15) is 4.79 Å². The van der Waals surface area contributed by atoms with Gasteiger partial charge in [0.05, 0.1) is 10.0 Å². The molecule has 2 fully saturated rings. The summed E-state index contributed by atoms with van der Waals surface area (Å²) in [5, 5.41) is 4.43. The fourth-order valence-corrected chi connectivity index (χ4v) is 3.19. The first-order valence-electron chi connectivity index (χ1n) is 6.62. The van der Waals surface area contributed by atoms with Crippen molar-refractivity contribution >= 4 is 29.1 Å². The van der Waals surface area contributed by atoms with Crippen LogP contribution < -0.4 is 5.32 Å². The predicted octanol–water partition coefficient (Wildman–Crippen LogP) is 2.53. The largest absolute Gasteiger partial charge is 0.340 e. The number of carbonyl (C=O) groups is 1. The number of nitrogens with one attached hydrogen (secondary N) is 1. The Bertz CT molecular complexity index is 500. The second kappa shape index (κ2) is 5.31. The molecule has 2 aliphatic rings. The summed E-state index contributed by atoms with van der Waals surface area (Å²) in [5.41, 5.74) is 1.02. The van der Waals surface area contributed by atoms with Gasteiger partial charge in [-0.1, -0.05) is 35.3 Å². The van der Waals surface area contributed by atoms with Crippen LogP contribution in [0.15, 0.2) is 18.2 Å². The molecule has 1 aromatic carbocycles. The summed E-state index contributed by atoms with van der Waals surface area (Å²) >= 11 is 12.2. The van der Waals surface area contributed by atoms with E-state index in [1.807, 2.05) is 17.0 Å². The van der Waals surface area contributed by atoms with Crippen LogP contribution >= 0.6 is 23.2 Å². The van der Waals surface area contributed by atoms with Crippen LogP contribution in [0.3, 0.4) is 0 Å². The molecule has 0 unspecified atom stereocenters. The van der Waals surface area contributed by atoms with Gasteiger partial charge in [0.1, 0.15) is 0 Å². The minimum absolute atomic E-state index is 0.0917. The molecule has 5 heteroatoms. The highest BCUT2D eigenvalue weighted by atomic mass is 35.5. The fourth-order valence-electron chi connectivity index (χ4n) is 2.74. The summed E-state index contributed by atoms with van der Waals surface area (Å²) in [4.78, 5) is 14.3. The topological polar surface area (TPSA) is 32.3 Å². The smallest absolute Gasteiger partial charge is 0.226 e. The number of carbonyl (C=O) groups excluding carboxylic acids is 1. The van der Waals surface area contributed by atoms with E-state index in [1.165, 1.54) is 0 Å². The summed E-state index contributed by atoms with van der Waals surface area (Å²) in [6.07, 6.45) is 0.892. The normalized spacial score (nSPS) is 26.3. The molecule has 1 N–H and O–H groups in total. The zero-order valence-corrected chi connectivity index (χ0v) is 12.0. The first-order valence-corrected chi connectivity index (χ1v) is 7.37. The number of hydrogen-bond donors (Lipinski definition) is 1. The van der Waals surface area contributed by atoms with Gasteiger partial charge in [0.15, 0.2) is 0 Å². The number of benzene rings is 1. The minimum Gasteiger partial charge on any atom is -0.340 e. The number of amides is 1. The molecule has 3 rings (SSSR count). The van der Waals surface area contributed by atoms with Crippen molar-refractivity contribution in [2.75, 3.05) is 26.2 Å². The molecule has 1 amide bonds. The monoisotopic (exact) mass is 298 g/mol. The van der Waals surface area contributed by atoms with E-state index in [0.29, 0.717) is 10.0 Å². The SMILES string of the molecule is O=C([C@@H]1C[C@H]1c1cccc(Cl)c1Cl)N1CCNCC1. The van der Waals surface area contributed by atoms with Crippen molar-refractivity contribution in [2.24, 2.45) is 5.92 Å². The molecule has 3 nitrogen and oxygen atoms in total. The van der Waals surface area contributed by atoms with E-state index < -0.39 is 0 Å². The van der Waals surface area contributed by atoms with Crippen LogP contribution in [0.4, 0.5) is 0 Å². The quantitative estimate of drug-likeness (QED) is 0.910. The first kappa shape index (κ1) is 13.2. The van der Waals surface area contributed by atoms with Crippen LogP contribution in [0.5, 0.6) is 0 Å². The molecule has 19 heavy (non-hydrogen) atoms. The van der Waals surface area contributed by atoms with E-state index in [1.54, 1.807) is 6.07 Å². The molecule has 1 aromatic rings. The zero-order valence-electron chi connectivity index (χ0n) is 10.5. The molecule has 2 atom stereocenters. The third-order valence-electron chi connectivity index (χ3n) is 3.92. The predicted molar refractivity (Wildman–Crippen MR) is 76.8 cm³/mol. The molecule has 1 heterocycles. The molecule has 0 radical (unpaired) electrons. The van der Waals surface area contributed by atoms with Crippen molar-refractivity contribution in [2.45, 2.75) is 12.3 Å². The highest BCUT2D eigenvalue weighted by Gasteiger charge is 2.46. The van der Waals surface area contributed by atoms with Crippen LogP contribution in [-0.2, 0) is 4.79 Å². The van der Waals surface area contributed by atoms with Gasteiger partial charge >= 0.3 is 0 Å². The number of nitrogens with zero attached hydrogens (tertiary/aromatic N) is 1. The van der Waals surface area contributed by atoms with Crippen LogP contribution in [-0.4, -0.2) is 37.0 Å². The van der Waals surface area contributed by atoms with Gasteiger partial charge in [0.2, 0.25) is 5.91 Å². The molecule has 1 saturated carbocycles. The lowest BCUT2D eigenvalue weighted by molar-refractivity contribution is -0.133. The Morgan fingerprint density at radius 2 is 2.00 bits per heavy atom. The summed E-state index contributed by atoms with van der Waals surface area (Å²) in [5.74, 6) is 0.602. The summed E-state index contributed by atoms with van der Waals surface area (Å²) in [6, 6.07) is 5.65. The third kappa shape index (κ3) is 2.60. The Morgan fingerprint density at radius 3 is 2.74 bits per heavy atom. The number of piperazine rings is 1. The molecular weight excluding hydrogens is 283 g/mol. The lowest BCUT2D eigenvalue weighted by atomic mass is 10.1. The van der Waals surface area contributed by atoms with Crippen molar-refractivity contribution in [1.82, 2.24) is 10.2 Å². The van der Waals surface area contributed by atoms with Crippen molar-refractivity contribution in [3.63, 3.8) is 0 Å². The maximum absolute atomic E-state index is 12.4. The van der Waals surface area contributed by atoms with Crippen molar-refractivity contribution < 1.29 is 4.79 Å². The number of halogens is 2.